The molecule has 0 aliphatic carbocycles. The zero-order valence-electron chi connectivity index (χ0n) is 10.2. The molecule has 3 nitrogen and oxygen atoms in total. The van der Waals surface area contributed by atoms with E-state index in [-0.39, 0.29) is 5.91 Å². The molecule has 0 spiro atoms. The van der Waals surface area contributed by atoms with Gasteiger partial charge in [-0.05, 0) is 37.5 Å². The van der Waals surface area contributed by atoms with Gasteiger partial charge >= 0.3 is 0 Å². The molecule has 0 heterocycles. The van der Waals surface area contributed by atoms with E-state index in [1.165, 1.54) is 11.1 Å². The number of benzene rings is 1. The lowest BCUT2D eigenvalue weighted by Gasteiger charge is -2.10. The maximum Gasteiger partial charge on any atom is 0.219 e. The van der Waals surface area contributed by atoms with Gasteiger partial charge in [0.2, 0.25) is 5.91 Å². The van der Waals surface area contributed by atoms with Gasteiger partial charge in [0, 0.05) is 13.5 Å². The van der Waals surface area contributed by atoms with E-state index in [9.17, 15) is 4.79 Å². The number of hydrogen-bond acceptors (Lipinski definition) is 2. The van der Waals surface area contributed by atoms with Crippen LogP contribution in [0.3, 0.4) is 0 Å². The molecule has 88 valence electrons. The normalized spacial score (nSPS) is 9.94. The van der Waals surface area contributed by atoms with Crippen molar-refractivity contribution in [3.8, 4) is 5.75 Å². The fourth-order valence-corrected chi connectivity index (χ4v) is 1.42. The molecule has 16 heavy (non-hydrogen) atoms. The van der Waals surface area contributed by atoms with Gasteiger partial charge < -0.3 is 10.1 Å². The van der Waals surface area contributed by atoms with Crippen LogP contribution in [0.15, 0.2) is 18.2 Å². The Morgan fingerprint density at radius 1 is 1.38 bits per heavy atom. The standard InChI is InChI=1S/C13H19NO2/c1-10-6-4-7-12(11(10)2)16-9-5-8-13(15)14-3/h4,6-7H,5,8-9H2,1-3H3,(H,14,15). The van der Waals surface area contributed by atoms with Crippen molar-refractivity contribution in [2.45, 2.75) is 26.7 Å². The molecule has 0 saturated heterocycles. The van der Waals surface area contributed by atoms with Gasteiger partial charge in [-0.2, -0.15) is 0 Å². The molecular weight excluding hydrogens is 202 g/mol. The van der Waals surface area contributed by atoms with Crippen LogP contribution in [0.1, 0.15) is 24.0 Å². The van der Waals surface area contributed by atoms with E-state index in [2.05, 4.69) is 18.3 Å². The van der Waals surface area contributed by atoms with Crippen LogP contribution >= 0.6 is 0 Å². The molecule has 1 amide bonds. The van der Waals surface area contributed by atoms with Crippen molar-refractivity contribution in [2.75, 3.05) is 13.7 Å². The number of rotatable bonds is 5. The number of carbonyl (C=O) groups excluding carboxylic acids is 1. The Morgan fingerprint density at radius 2 is 2.12 bits per heavy atom. The predicted octanol–water partition coefficient (Wildman–Crippen LogP) is 2.21. The van der Waals surface area contributed by atoms with Gasteiger partial charge in [-0.3, -0.25) is 4.79 Å². The summed E-state index contributed by atoms with van der Waals surface area (Å²) in [6, 6.07) is 6.01. The Balaban J connectivity index is 2.38. The van der Waals surface area contributed by atoms with E-state index >= 15 is 0 Å². The first-order valence-electron chi connectivity index (χ1n) is 5.54. The first-order valence-corrected chi connectivity index (χ1v) is 5.54. The van der Waals surface area contributed by atoms with E-state index < -0.39 is 0 Å². The molecule has 1 aromatic rings. The summed E-state index contributed by atoms with van der Waals surface area (Å²) in [4.78, 5) is 11.0. The molecular formula is C13H19NO2. The van der Waals surface area contributed by atoms with Crippen LogP contribution in [0.4, 0.5) is 0 Å². The third kappa shape index (κ3) is 3.57. The molecule has 0 aliphatic heterocycles. The van der Waals surface area contributed by atoms with E-state index in [4.69, 9.17) is 4.74 Å². The Bertz CT molecular complexity index is 361. The van der Waals surface area contributed by atoms with Crippen LogP contribution in [0.2, 0.25) is 0 Å². The van der Waals surface area contributed by atoms with Crippen molar-refractivity contribution in [1.29, 1.82) is 0 Å². The maximum atomic E-state index is 11.0. The van der Waals surface area contributed by atoms with Gasteiger partial charge in [0.25, 0.3) is 0 Å². The lowest BCUT2D eigenvalue weighted by atomic mass is 10.1. The highest BCUT2D eigenvalue weighted by molar-refractivity contribution is 5.75. The minimum atomic E-state index is 0.0598. The minimum Gasteiger partial charge on any atom is -0.493 e. The number of ether oxygens (including phenoxy) is 1. The van der Waals surface area contributed by atoms with Gasteiger partial charge in [-0.25, -0.2) is 0 Å². The number of amides is 1. The maximum absolute atomic E-state index is 11.0. The van der Waals surface area contributed by atoms with Crippen molar-refractivity contribution in [1.82, 2.24) is 5.32 Å². The summed E-state index contributed by atoms with van der Waals surface area (Å²) >= 11 is 0. The SMILES string of the molecule is CNC(=O)CCCOc1cccc(C)c1C. The monoisotopic (exact) mass is 221 g/mol. The molecule has 3 heteroatoms. The Hall–Kier alpha value is -1.51. The summed E-state index contributed by atoms with van der Waals surface area (Å²) in [5.41, 5.74) is 2.39. The predicted molar refractivity (Wildman–Crippen MR) is 64.7 cm³/mol. The van der Waals surface area contributed by atoms with E-state index in [0.29, 0.717) is 13.0 Å². The van der Waals surface area contributed by atoms with Crippen molar-refractivity contribution in [3.63, 3.8) is 0 Å². The topological polar surface area (TPSA) is 38.3 Å². The molecule has 1 rings (SSSR count). The van der Waals surface area contributed by atoms with Crippen LogP contribution in [0, 0.1) is 13.8 Å². The summed E-state index contributed by atoms with van der Waals surface area (Å²) in [5.74, 6) is 0.974. The summed E-state index contributed by atoms with van der Waals surface area (Å²) in [6.07, 6.45) is 1.26. The first-order chi connectivity index (χ1) is 7.65. The lowest BCUT2D eigenvalue weighted by molar-refractivity contribution is -0.120. The average Bonchev–Trinajstić information content (AvgIpc) is 2.29. The smallest absolute Gasteiger partial charge is 0.219 e. The van der Waals surface area contributed by atoms with Crippen LogP contribution in [0.25, 0.3) is 0 Å². The highest BCUT2D eigenvalue weighted by atomic mass is 16.5. The van der Waals surface area contributed by atoms with E-state index in [1.807, 2.05) is 19.1 Å². The number of hydrogen-bond donors (Lipinski definition) is 1. The average molecular weight is 221 g/mol. The molecule has 1 N–H and O–H groups in total. The summed E-state index contributed by atoms with van der Waals surface area (Å²) in [5, 5.41) is 2.59. The van der Waals surface area contributed by atoms with Gasteiger partial charge in [-0.15, -0.1) is 0 Å². The third-order valence-electron chi connectivity index (χ3n) is 2.64. The first kappa shape index (κ1) is 12.6. The Kier molecular flexibility index (Phi) is 4.83. The van der Waals surface area contributed by atoms with Crippen molar-refractivity contribution >= 4 is 5.91 Å². The van der Waals surface area contributed by atoms with Gasteiger partial charge in [0.1, 0.15) is 5.75 Å². The van der Waals surface area contributed by atoms with Crippen molar-refractivity contribution < 1.29 is 9.53 Å². The van der Waals surface area contributed by atoms with Crippen molar-refractivity contribution in [3.05, 3.63) is 29.3 Å². The van der Waals surface area contributed by atoms with Crippen LogP contribution < -0.4 is 10.1 Å². The quantitative estimate of drug-likeness (QED) is 0.774. The van der Waals surface area contributed by atoms with Gasteiger partial charge in [-0.1, -0.05) is 12.1 Å². The number of carbonyl (C=O) groups is 1. The van der Waals surface area contributed by atoms with E-state index in [1.54, 1.807) is 7.05 Å². The molecule has 0 unspecified atom stereocenters. The minimum absolute atomic E-state index is 0.0598. The van der Waals surface area contributed by atoms with Crippen LogP contribution in [0.5, 0.6) is 5.75 Å². The molecule has 0 fully saturated rings. The van der Waals surface area contributed by atoms with Gasteiger partial charge in [0.05, 0.1) is 6.61 Å². The number of aryl methyl sites for hydroxylation is 1. The van der Waals surface area contributed by atoms with Crippen molar-refractivity contribution in [2.24, 2.45) is 0 Å². The highest BCUT2D eigenvalue weighted by Crippen LogP contribution is 2.20. The van der Waals surface area contributed by atoms with Crippen LogP contribution in [-0.2, 0) is 4.79 Å². The molecule has 1 aromatic carbocycles. The molecule has 0 saturated carbocycles. The van der Waals surface area contributed by atoms with Crippen LogP contribution in [-0.4, -0.2) is 19.6 Å². The molecule has 0 aromatic heterocycles. The lowest BCUT2D eigenvalue weighted by Crippen LogP contribution is -2.18. The van der Waals surface area contributed by atoms with Gasteiger partial charge in [0.15, 0.2) is 0 Å². The zero-order chi connectivity index (χ0) is 12.0. The molecule has 0 aliphatic rings. The summed E-state index contributed by atoms with van der Waals surface area (Å²) < 4.78 is 5.63. The zero-order valence-corrected chi connectivity index (χ0v) is 10.2. The second kappa shape index (κ2) is 6.16. The Morgan fingerprint density at radius 3 is 2.81 bits per heavy atom. The molecule has 0 atom stereocenters. The molecule has 0 bridgehead atoms. The highest BCUT2D eigenvalue weighted by Gasteiger charge is 2.02. The summed E-state index contributed by atoms with van der Waals surface area (Å²) in [7, 11) is 1.65. The third-order valence-corrected chi connectivity index (χ3v) is 2.64. The molecule has 0 radical (unpaired) electrons. The largest absolute Gasteiger partial charge is 0.493 e. The van der Waals surface area contributed by atoms with E-state index in [0.717, 1.165) is 12.2 Å². The number of nitrogens with one attached hydrogen (secondary N) is 1. The second-order valence-corrected chi connectivity index (χ2v) is 3.82. The Labute approximate surface area is 96.8 Å². The fourth-order valence-electron chi connectivity index (χ4n) is 1.42. The summed E-state index contributed by atoms with van der Waals surface area (Å²) in [6.45, 7) is 4.69. The second-order valence-electron chi connectivity index (χ2n) is 3.82. The fraction of sp³-hybridized carbons (Fsp3) is 0.462.